The fourth-order valence-electron chi connectivity index (χ4n) is 4.58. The fourth-order valence-corrected chi connectivity index (χ4v) is 4.77. The third-order valence-electron chi connectivity index (χ3n) is 6.04. The Balaban J connectivity index is 1.69. The van der Waals surface area contributed by atoms with E-state index in [1.807, 2.05) is 75.4 Å². The van der Waals surface area contributed by atoms with Gasteiger partial charge in [-0.3, -0.25) is 9.59 Å². The molecule has 3 aromatic carbocycles. The molecule has 7 nitrogen and oxygen atoms in total. The zero-order valence-corrected chi connectivity index (χ0v) is 21.9. The summed E-state index contributed by atoms with van der Waals surface area (Å²) in [6.07, 6.45) is 0.334. The second-order valence-corrected chi connectivity index (χ2v) is 10.6. The lowest BCUT2D eigenvalue weighted by atomic mass is 9.86. The summed E-state index contributed by atoms with van der Waals surface area (Å²) in [5.41, 5.74) is 2.66. The molecule has 4 amide bonds. The summed E-state index contributed by atoms with van der Waals surface area (Å²) >= 11 is 6.05. The largest absolute Gasteiger partial charge is 0.350 e. The van der Waals surface area contributed by atoms with E-state index in [0.717, 1.165) is 11.1 Å². The number of anilines is 2. The van der Waals surface area contributed by atoms with Crippen molar-refractivity contribution in [3.05, 3.63) is 95.0 Å². The van der Waals surface area contributed by atoms with Crippen molar-refractivity contribution in [1.82, 2.24) is 10.6 Å². The monoisotopic (exact) mass is 518 g/mol. The number of hydrogen-bond acceptors (Lipinski definition) is 3. The predicted octanol–water partition coefficient (Wildman–Crippen LogP) is 5.31. The highest BCUT2D eigenvalue weighted by Crippen LogP contribution is 2.39. The molecule has 0 radical (unpaired) electrons. The van der Waals surface area contributed by atoms with E-state index in [0.29, 0.717) is 22.8 Å². The van der Waals surface area contributed by atoms with Gasteiger partial charge >= 0.3 is 6.03 Å². The minimum atomic E-state index is -0.876. The van der Waals surface area contributed by atoms with Crippen molar-refractivity contribution in [2.75, 3.05) is 16.8 Å². The van der Waals surface area contributed by atoms with Gasteiger partial charge in [-0.1, -0.05) is 66.2 Å². The Kier molecular flexibility index (Phi) is 7.83. The van der Waals surface area contributed by atoms with Gasteiger partial charge < -0.3 is 20.9 Å². The Morgan fingerprint density at radius 1 is 0.973 bits per heavy atom. The average molecular weight is 519 g/mol. The number of nitrogens with zero attached hydrogens (tertiary/aromatic N) is 1. The standard InChI is InChI=1S/C29H31ClN4O3/c1-29(2,3)33-26(35)18-34-25-15-8-7-14-22(25)23(19-10-5-4-6-11-19)17-24(27(34)36)32-28(37)31-21-13-9-12-20(30)16-21/h4-16,23-24H,17-18H2,1-3H3,(H,33,35)(H2,31,32,37). The van der Waals surface area contributed by atoms with Crippen LogP contribution in [0.25, 0.3) is 0 Å². The zero-order valence-electron chi connectivity index (χ0n) is 21.1. The minimum Gasteiger partial charge on any atom is -0.350 e. The van der Waals surface area contributed by atoms with Crippen LogP contribution in [0.4, 0.5) is 16.2 Å². The lowest BCUT2D eigenvalue weighted by Gasteiger charge is -2.28. The number of para-hydroxylation sites is 1. The van der Waals surface area contributed by atoms with E-state index in [1.54, 1.807) is 24.3 Å². The summed E-state index contributed by atoms with van der Waals surface area (Å²) in [5.74, 6) is -0.805. The number of hydrogen-bond donors (Lipinski definition) is 3. The van der Waals surface area contributed by atoms with Crippen LogP contribution in [-0.2, 0) is 9.59 Å². The van der Waals surface area contributed by atoms with Crippen LogP contribution < -0.4 is 20.9 Å². The Morgan fingerprint density at radius 2 is 1.68 bits per heavy atom. The first-order chi connectivity index (χ1) is 17.6. The molecule has 4 rings (SSSR count). The molecule has 192 valence electrons. The van der Waals surface area contributed by atoms with Gasteiger partial charge in [0, 0.05) is 27.9 Å². The quantitative estimate of drug-likeness (QED) is 0.427. The Bertz CT molecular complexity index is 1290. The van der Waals surface area contributed by atoms with Crippen molar-refractivity contribution in [3.8, 4) is 0 Å². The van der Waals surface area contributed by atoms with Crippen molar-refractivity contribution in [2.24, 2.45) is 0 Å². The first-order valence-corrected chi connectivity index (χ1v) is 12.6. The van der Waals surface area contributed by atoms with Gasteiger partial charge in [0.1, 0.15) is 12.6 Å². The highest BCUT2D eigenvalue weighted by atomic mass is 35.5. The first-order valence-electron chi connectivity index (χ1n) is 12.2. The maximum atomic E-state index is 13.9. The molecule has 0 spiro atoms. The van der Waals surface area contributed by atoms with Gasteiger partial charge in [0.2, 0.25) is 11.8 Å². The molecule has 0 aromatic heterocycles. The van der Waals surface area contributed by atoms with E-state index < -0.39 is 17.6 Å². The van der Waals surface area contributed by atoms with Crippen molar-refractivity contribution >= 4 is 40.8 Å². The number of urea groups is 1. The smallest absolute Gasteiger partial charge is 0.319 e. The van der Waals surface area contributed by atoms with E-state index in [4.69, 9.17) is 11.6 Å². The molecule has 1 heterocycles. The number of rotatable bonds is 5. The highest BCUT2D eigenvalue weighted by Gasteiger charge is 2.37. The van der Waals surface area contributed by atoms with Crippen LogP contribution in [0.2, 0.25) is 5.02 Å². The summed E-state index contributed by atoms with van der Waals surface area (Å²) in [4.78, 5) is 41.3. The predicted molar refractivity (Wildman–Crippen MR) is 147 cm³/mol. The van der Waals surface area contributed by atoms with E-state index in [-0.39, 0.29) is 24.3 Å². The molecular formula is C29H31ClN4O3. The van der Waals surface area contributed by atoms with Gasteiger partial charge in [0.15, 0.2) is 0 Å². The lowest BCUT2D eigenvalue weighted by molar-refractivity contribution is -0.125. The molecule has 2 atom stereocenters. The third-order valence-corrected chi connectivity index (χ3v) is 6.28. The zero-order chi connectivity index (χ0) is 26.6. The van der Waals surface area contributed by atoms with E-state index >= 15 is 0 Å². The van der Waals surface area contributed by atoms with Crippen molar-refractivity contribution < 1.29 is 14.4 Å². The number of carbonyl (C=O) groups is 3. The molecule has 0 bridgehead atoms. The normalized spacial score (nSPS) is 17.4. The molecule has 8 heteroatoms. The maximum absolute atomic E-state index is 13.9. The van der Waals surface area contributed by atoms with E-state index in [9.17, 15) is 14.4 Å². The summed E-state index contributed by atoms with van der Waals surface area (Å²) in [6.45, 7) is 5.50. The number of carbonyl (C=O) groups excluding carboxylic acids is 3. The molecule has 0 saturated heterocycles. The second kappa shape index (κ2) is 11.0. The summed E-state index contributed by atoms with van der Waals surface area (Å²) in [7, 11) is 0. The molecule has 0 saturated carbocycles. The highest BCUT2D eigenvalue weighted by molar-refractivity contribution is 6.30. The molecule has 3 N–H and O–H groups in total. The van der Waals surface area contributed by atoms with Crippen LogP contribution in [0.1, 0.15) is 44.2 Å². The Morgan fingerprint density at radius 3 is 2.38 bits per heavy atom. The van der Waals surface area contributed by atoms with Crippen LogP contribution >= 0.6 is 11.6 Å². The van der Waals surface area contributed by atoms with Gasteiger partial charge in [0.05, 0.1) is 0 Å². The second-order valence-electron chi connectivity index (χ2n) is 10.1. The van der Waals surface area contributed by atoms with Gasteiger partial charge in [-0.05, 0) is 62.6 Å². The third kappa shape index (κ3) is 6.68. The van der Waals surface area contributed by atoms with Gasteiger partial charge in [-0.2, -0.15) is 0 Å². The van der Waals surface area contributed by atoms with Gasteiger partial charge in [-0.25, -0.2) is 4.79 Å². The Hall–Kier alpha value is -3.84. The van der Waals surface area contributed by atoms with E-state index in [2.05, 4.69) is 16.0 Å². The van der Waals surface area contributed by atoms with Gasteiger partial charge in [0.25, 0.3) is 0 Å². The molecule has 37 heavy (non-hydrogen) atoms. The number of halogens is 1. The van der Waals surface area contributed by atoms with Crippen LogP contribution in [0.5, 0.6) is 0 Å². The fraction of sp³-hybridized carbons (Fsp3) is 0.276. The summed E-state index contributed by atoms with van der Waals surface area (Å²) < 4.78 is 0. The summed E-state index contributed by atoms with van der Waals surface area (Å²) in [6, 6.07) is 22.8. The number of fused-ring (bicyclic) bond motifs is 1. The summed E-state index contributed by atoms with van der Waals surface area (Å²) in [5, 5.41) is 9.01. The average Bonchev–Trinajstić information content (AvgIpc) is 2.94. The number of benzene rings is 3. The maximum Gasteiger partial charge on any atom is 0.319 e. The molecule has 3 aromatic rings. The van der Waals surface area contributed by atoms with E-state index in [1.165, 1.54) is 4.90 Å². The lowest BCUT2D eigenvalue weighted by Crippen LogP contribution is -2.53. The number of nitrogens with one attached hydrogen (secondary N) is 3. The first kappa shape index (κ1) is 26.2. The molecule has 1 aliphatic rings. The molecule has 0 aliphatic carbocycles. The molecule has 0 fully saturated rings. The topological polar surface area (TPSA) is 90.5 Å². The molecule has 2 unspecified atom stereocenters. The SMILES string of the molecule is CC(C)(C)NC(=O)CN1C(=O)C(NC(=O)Nc2cccc(Cl)c2)CC(c2ccccc2)c2ccccc21. The van der Waals surface area contributed by atoms with Crippen LogP contribution in [0.3, 0.4) is 0 Å². The van der Waals surface area contributed by atoms with Crippen LogP contribution in [0.15, 0.2) is 78.9 Å². The molecule has 1 aliphatic heterocycles. The van der Waals surface area contributed by atoms with Crippen molar-refractivity contribution in [3.63, 3.8) is 0 Å². The van der Waals surface area contributed by atoms with Crippen molar-refractivity contribution in [2.45, 2.75) is 44.7 Å². The Labute approximate surface area is 222 Å². The van der Waals surface area contributed by atoms with Crippen molar-refractivity contribution in [1.29, 1.82) is 0 Å². The molecular weight excluding hydrogens is 488 g/mol. The van der Waals surface area contributed by atoms with Gasteiger partial charge in [-0.15, -0.1) is 0 Å². The number of amides is 4. The van der Waals surface area contributed by atoms with Crippen LogP contribution in [0, 0.1) is 0 Å². The van der Waals surface area contributed by atoms with Crippen LogP contribution in [-0.4, -0.2) is 36.0 Å². The minimum absolute atomic E-state index is 0.164.